The molecule has 2 aromatic rings. The first kappa shape index (κ1) is 17.2. The Balaban J connectivity index is 0.00000106. The monoisotopic (exact) mass is 302 g/mol. The van der Waals surface area contributed by atoms with Gasteiger partial charge in [-0.15, -0.1) is 10.2 Å². The second-order valence-corrected chi connectivity index (χ2v) is 4.52. The molecule has 4 nitrogen and oxygen atoms in total. The maximum atomic E-state index is 4.35. The lowest BCUT2D eigenvalue weighted by Crippen LogP contribution is -2.01. The molecule has 0 saturated carbocycles. The lowest BCUT2D eigenvalue weighted by atomic mass is 10.3. The summed E-state index contributed by atoms with van der Waals surface area (Å²) in [5.41, 5.74) is 1.86. The van der Waals surface area contributed by atoms with Crippen molar-refractivity contribution in [2.24, 2.45) is 4.99 Å². The lowest BCUT2D eigenvalue weighted by Gasteiger charge is -2.09. The summed E-state index contributed by atoms with van der Waals surface area (Å²) in [4.78, 5) is 4.35. The van der Waals surface area contributed by atoms with Gasteiger partial charge >= 0.3 is 0 Å². The van der Waals surface area contributed by atoms with Gasteiger partial charge in [0.05, 0.1) is 0 Å². The summed E-state index contributed by atoms with van der Waals surface area (Å²) in [6.07, 6.45) is 5.69. The number of para-hydroxylation sites is 1. The SMILES string of the molecule is CC.CC=N/C(=C\C)c1nnc(SC)n1-c1ccccc1. The highest BCUT2D eigenvalue weighted by atomic mass is 32.2. The van der Waals surface area contributed by atoms with Crippen molar-refractivity contribution in [1.82, 2.24) is 14.8 Å². The summed E-state index contributed by atoms with van der Waals surface area (Å²) < 4.78 is 2.02. The van der Waals surface area contributed by atoms with Crippen LogP contribution in [0.4, 0.5) is 0 Å². The molecular formula is C16H22N4S. The van der Waals surface area contributed by atoms with E-state index in [2.05, 4.69) is 15.2 Å². The zero-order valence-electron chi connectivity index (χ0n) is 13.2. The van der Waals surface area contributed by atoms with Crippen LogP contribution >= 0.6 is 11.8 Å². The first-order chi connectivity index (χ1) is 10.3. The molecule has 0 aliphatic carbocycles. The van der Waals surface area contributed by atoms with E-state index in [1.807, 2.05) is 74.9 Å². The molecule has 21 heavy (non-hydrogen) atoms. The predicted molar refractivity (Wildman–Crippen MR) is 92.3 cm³/mol. The van der Waals surface area contributed by atoms with Gasteiger partial charge in [-0.1, -0.05) is 49.9 Å². The third kappa shape index (κ3) is 4.04. The Morgan fingerprint density at radius 3 is 2.33 bits per heavy atom. The van der Waals surface area contributed by atoms with Gasteiger partial charge < -0.3 is 0 Å². The van der Waals surface area contributed by atoms with E-state index in [0.29, 0.717) is 0 Å². The van der Waals surface area contributed by atoms with Gasteiger partial charge in [0.25, 0.3) is 0 Å². The maximum Gasteiger partial charge on any atom is 0.195 e. The van der Waals surface area contributed by atoms with Crippen molar-refractivity contribution < 1.29 is 0 Å². The smallest absolute Gasteiger partial charge is 0.195 e. The van der Waals surface area contributed by atoms with Crippen LogP contribution in [-0.2, 0) is 0 Å². The molecule has 0 amide bonds. The topological polar surface area (TPSA) is 43.1 Å². The number of allylic oxidation sites excluding steroid dienone is 1. The molecule has 0 radical (unpaired) electrons. The highest BCUT2D eigenvalue weighted by Crippen LogP contribution is 2.24. The van der Waals surface area contributed by atoms with E-state index >= 15 is 0 Å². The number of thioether (sulfide) groups is 1. The fraction of sp³-hybridized carbons (Fsp3) is 0.312. The van der Waals surface area contributed by atoms with Gasteiger partial charge in [-0.2, -0.15) is 0 Å². The summed E-state index contributed by atoms with van der Waals surface area (Å²) in [5.74, 6) is 0.760. The van der Waals surface area contributed by atoms with Crippen LogP contribution in [0.15, 0.2) is 46.6 Å². The van der Waals surface area contributed by atoms with Crippen LogP contribution in [0.5, 0.6) is 0 Å². The van der Waals surface area contributed by atoms with Crippen molar-refractivity contribution in [3.05, 3.63) is 42.2 Å². The molecule has 0 spiro atoms. The van der Waals surface area contributed by atoms with Gasteiger partial charge in [0, 0.05) is 11.9 Å². The Morgan fingerprint density at radius 1 is 1.14 bits per heavy atom. The number of hydrogen-bond donors (Lipinski definition) is 0. The molecule has 1 aromatic carbocycles. The fourth-order valence-corrected chi connectivity index (χ4v) is 2.28. The highest BCUT2D eigenvalue weighted by Gasteiger charge is 2.15. The van der Waals surface area contributed by atoms with E-state index in [-0.39, 0.29) is 0 Å². The van der Waals surface area contributed by atoms with Crippen LogP contribution in [0.2, 0.25) is 0 Å². The van der Waals surface area contributed by atoms with Crippen molar-refractivity contribution in [3.63, 3.8) is 0 Å². The third-order valence-corrected chi connectivity index (χ3v) is 3.23. The molecule has 2 rings (SSSR count). The highest BCUT2D eigenvalue weighted by molar-refractivity contribution is 7.98. The van der Waals surface area contributed by atoms with Gasteiger partial charge in [-0.05, 0) is 32.2 Å². The maximum absolute atomic E-state index is 4.35. The minimum absolute atomic E-state index is 0.760. The Morgan fingerprint density at radius 2 is 1.81 bits per heavy atom. The van der Waals surface area contributed by atoms with Gasteiger partial charge in [0.15, 0.2) is 11.0 Å². The van der Waals surface area contributed by atoms with Gasteiger partial charge in [0.1, 0.15) is 5.70 Å². The quantitative estimate of drug-likeness (QED) is 0.618. The Labute approximate surface area is 131 Å². The van der Waals surface area contributed by atoms with E-state index in [0.717, 1.165) is 22.4 Å². The molecule has 0 aliphatic rings. The van der Waals surface area contributed by atoms with Crippen LogP contribution in [0.25, 0.3) is 11.4 Å². The standard InChI is InChI=1S/C14H16N4S.C2H6/c1-4-12(15-5-2)13-16-17-14(19-3)18(13)11-9-7-6-8-10-11;1-2/h4-10H,1-3H3;1-2H3/b12-4-,15-5?;. The average molecular weight is 302 g/mol. The van der Waals surface area contributed by atoms with E-state index in [9.17, 15) is 0 Å². The number of hydrogen-bond acceptors (Lipinski definition) is 4. The molecule has 0 atom stereocenters. The zero-order chi connectivity index (χ0) is 15.7. The molecule has 5 heteroatoms. The molecule has 0 fully saturated rings. The van der Waals surface area contributed by atoms with Crippen molar-refractivity contribution in [3.8, 4) is 5.69 Å². The van der Waals surface area contributed by atoms with Crippen molar-refractivity contribution in [2.75, 3.05) is 6.26 Å². The lowest BCUT2D eigenvalue weighted by molar-refractivity contribution is 0.880. The molecule has 1 heterocycles. The second kappa shape index (κ2) is 9.13. The molecule has 0 N–H and O–H groups in total. The van der Waals surface area contributed by atoms with Gasteiger partial charge in [-0.3, -0.25) is 9.56 Å². The normalized spacial score (nSPS) is 11.4. The summed E-state index contributed by atoms with van der Waals surface area (Å²) in [5, 5.41) is 9.34. The summed E-state index contributed by atoms with van der Waals surface area (Å²) in [6, 6.07) is 10.1. The average Bonchev–Trinajstić information content (AvgIpc) is 2.99. The van der Waals surface area contributed by atoms with Crippen LogP contribution < -0.4 is 0 Å². The molecule has 0 unspecified atom stereocenters. The number of rotatable bonds is 4. The molecule has 1 aromatic heterocycles. The molecular weight excluding hydrogens is 280 g/mol. The first-order valence-corrected chi connectivity index (χ1v) is 8.24. The molecule has 0 aliphatic heterocycles. The van der Waals surface area contributed by atoms with Crippen molar-refractivity contribution in [2.45, 2.75) is 32.9 Å². The predicted octanol–water partition coefficient (Wildman–Crippen LogP) is 4.47. The minimum atomic E-state index is 0.760. The van der Waals surface area contributed by atoms with Crippen molar-refractivity contribution >= 4 is 23.7 Å². The van der Waals surface area contributed by atoms with E-state index in [1.165, 1.54) is 0 Å². The van der Waals surface area contributed by atoms with Crippen LogP contribution in [0.3, 0.4) is 0 Å². The summed E-state index contributed by atoms with van der Waals surface area (Å²) in [7, 11) is 0. The van der Waals surface area contributed by atoms with Crippen LogP contribution in [0, 0.1) is 0 Å². The third-order valence-electron chi connectivity index (χ3n) is 2.60. The fourth-order valence-electron chi connectivity index (χ4n) is 1.78. The van der Waals surface area contributed by atoms with Crippen molar-refractivity contribution in [1.29, 1.82) is 0 Å². The Bertz CT molecular complexity index is 600. The first-order valence-electron chi connectivity index (χ1n) is 7.02. The summed E-state index contributed by atoms with van der Waals surface area (Å²) in [6.45, 7) is 7.84. The van der Waals surface area contributed by atoms with E-state index in [1.54, 1.807) is 18.0 Å². The number of aliphatic imine (C=N–C) groups is 1. The van der Waals surface area contributed by atoms with Gasteiger partial charge in [-0.25, -0.2) is 0 Å². The number of aromatic nitrogens is 3. The van der Waals surface area contributed by atoms with Crippen LogP contribution in [-0.4, -0.2) is 27.2 Å². The molecule has 0 bridgehead atoms. The zero-order valence-corrected chi connectivity index (χ0v) is 14.1. The minimum Gasteiger partial charge on any atom is -0.269 e. The Hall–Kier alpha value is -1.88. The van der Waals surface area contributed by atoms with E-state index in [4.69, 9.17) is 0 Å². The molecule has 112 valence electrons. The summed E-state index contributed by atoms with van der Waals surface area (Å²) >= 11 is 1.57. The van der Waals surface area contributed by atoms with Gasteiger partial charge in [0.2, 0.25) is 0 Å². The Kier molecular flexibility index (Phi) is 7.46. The van der Waals surface area contributed by atoms with Crippen LogP contribution in [0.1, 0.15) is 33.5 Å². The van der Waals surface area contributed by atoms with E-state index < -0.39 is 0 Å². The number of benzene rings is 1. The second-order valence-electron chi connectivity index (χ2n) is 3.74. The largest absolute Gasteiger partial charge is 0.269 e. The number of nitrogens with zero attached hydrogens (tertiary/aromatic N) is 4. The molecule has 0 saturated heterocycles.